The molecule has 0 unspecified atom stereocenters. The van der Waals surface area contributed by atoms with Gasteiger partial charge < -0.3 is 9.80 Å². The Hall–Kier alpha value is -2.96. The molecule has 3 heterocycles. The third-order valence-electron chi connectivity index (χ3n) is 4.74. The molecule has 3 aromatic rings. The molecule has 0 atom stereocenters. The molecule has 1 aliphatic heterocycles. The van der Waals surface area contributed by atoms with Crippen LogP contribution in [0.15, 0.2) is 30.6 Å². The number of anilines is 2. The Balaban J connectivity index is 1.63. The number of aryl methyl sites for hydroxylation is 3. The fourth-order valence-electron chi connectivity index (χ4n) is 3.53. The fourth-order valence-corrected chi connectivity index (χ4v) is 3.53. The number of rotatable bonds is 3. The molecule has 134 valence electrons. The highest BCUT2D eigenvalue weighted by Crippen LogP contribution is 2.26. The van der Waals surface area contributed by atoms with Gasteiger partial charge in [-0.05, 0) is 49.6 Å². The lowest BCUT2D eigenvalue weighted by molar-refractivity contribution is -0.117. The maximum absolute atomic E-state index is 12.9. The van der Waals surface area contributed by atoms with E-state index in [4.69, 9.17) is 0 Å². The lowest BCUT2D eigenvalue weighted by atomic mass is 10.1. The van der Waals surface area contributed by atoms with Gasteiger partial charge in [-0.25, -0.2) is 0 Å². The molecule has 1 aromatic carbocycles. The molecule has 0 N–H and O–H groups in total. The van der Waals surface area contributed by atoms with Crippen molar-refractivity contribution in [3.05, 3.63) is 47.4 Å². The van der Waals surface area contributed by atoms with Gasteiger partial charge in [-0.3, -0.25) is 4.79 Å². The second-order valence-electron chi connectivity index (χ2n) is 6.79. The van der Waals surface area contributed by atoms with Crippen molar-refractivity contribution in [2.75, 3.05) is 29.4 Å². The molecule has 0 aliphatic carbocycles. The van der Waals surface area contributed by atoms with Crippen LogP contribution in [0.2, 0.25) is 0 Å². The topological polar surface area (TPSA) is 66.6 Å². The minimum absolute atomic E-state index is 0.0915. The number of nitrogens with zero attached hydrogens (tertiary/aromatic N) is 6. The number of piperazine rings is 1. The van der Waals surface area contributed by atoms with Gasteiger partial charge in [0.2, 0.25) is 11.6 Å². The second kappa shape index (κ2) is 6.40. The van der Waals surface area contributed by atoms with Crippen LogP contribution < -0.4 is 9.80 Å². The Labute approximate surface area is 152 Å². The molecule has 1 amide bonds. The Morgan fingerprint density at radius 2 is 1.85 bits per heavy atom. The van der Waals surface area contributed by atoms with Gasteiger partial charge in [0.25, 0.3) is 0 Å². The summed E-state index contributed by atoms with van der Waals surface area (Å²) in [6.45, 7) is 7.89. The van der Waals surface area contributed by atoms with Crippen molar-refractivity contribution in [1.29, 1.82) is 0 Å². The van der Waals surface area contributed by atoms with Crippen molar-refractivity contribution in [3.8, 4) is 0 Å². The van der Waals surface area contributed by atoms with Crippen molar-refractivity contribution in [2.24, 2.45) is 0 Å². The lowest BCUT2D eigenvalue weighted by Gasteiger charge is -2.35. The van der Waals surface area contributed by atoms with Gasteiger partial charge in [0.15, 0.2) is 0 Å². The molecule has 7 heteroatoms. The summed E-state index contributed by atoms with van der Waals surface area (Å²) in [4.78, 5) is 16.8. The monoisotopic (exact) mass is 350 g/mol. The van der Waals surface area contributed by atoms with Crippen LogP contribution in [0.4, 0.5) is 11.4 Å². The van der Waals surface area contributed by atoms with E-state index in [1.54, 1.807) is 10.8 Å². The minimum atomic E-state index is 0.0915. The number of fused-ring (bicyclic) bond motifs is 1. The van der Waals surface area contributed by atoms with E-state index in [1.165, 1.54) is 11.1 Å². The summed E-state index contributed by atoms with van der Waals surface area (Å²) in [5, 5.41) is 12.6. The van der Waals surface area contributed by atoms with E-state index in [1.807, 2.05) is 11.0 Å². The lowest BCUT2D eigenvalue weighted by Crippen LogP contribution is -2.50. The molecule has 1 fully saturated rings. The normalized spacial score (nSPS) is 15.1. The van der Waals surface area contributed by atoms with Crippen molar-refractivity contribution in [1.82, 2.24) is 19.8 Å². The summed E-state index contributed by atoms with van der Waals surface area (Å²) < 4.78 is 1.69. The zero-order valence-electron chi connectivity index (χ0n) is 15.3. The summed E-state index contributed by atoms with van der Waals surface area (Å²) in [5.74, 6) is 0.0915. The van der Waals surface area contributed by atoms with Gasteiger partial charge >= 0.3 is 0 Å². The Morgan fingerprint density at radius 3 is 2.54 bits per heavy atom. The maximum atomic E-state index is 12.9. The highest BCUT2D eigenvalue weighted by Gasteiger charge is 2.27. The first-order valence-electron chi connectivity index (χ1n) is 8.88. The fraction of sp³-hybridized carbons (Fsp3) is 0.368. The number of aromatic nitrogens is 4. The zero-order valence-corrected chi connectivity index (χ0v) is 15.3. The molecule has 0 radical (unpaired) electrons. The largest absolute Gasteiger partial charge is 0.357 e. The van der Waals surface area contributed by atoms with Crippen LogP contribution in [-0.2, 0) is 11.2 Å². The summed E-state index contributed by atoms with van der Waals surface area (Å²) in [7, 11) is 0. The van der Waals surface area contributed by atoms with Crippen molar-refractivity contribution in [2.45, 2.75) is 27.2 Å². The molecule has 2 aromatic heterocycles. The van der Waals surface area contributed by atoms with E-state index in [0.717, 1.165) is 30.0 Å². The molecule has 4 rings (SSSR count). The van der Waals surface area contributed by atoms with E-state index in [-0.39, 0.29) is 5.91 Å². The van der Waals surface area contributed by atoms with Crippen LogP contribution in [0.5, 0.6) is 0 Å². The number of hydrogen-bond donors (Lipinski definition) is 0. The standard InChI is InChI=1S/C19H22N6O/c1-4-15-10-17(19-21-20-12-25(19)22-15)23-5-6-24(18(26)11-23)16-8-13(2)7-14(3)9-16/h7-10,12H,4-6,11H2,1-3H3. The zero-order chi connectivity index (χ0) is 18.3. The predicted molar refractivity (Wildman–Crippen MR) is 101 cm³/mol. The van der Waals surface area contributed by atoms with Crippen molar-refractivity contribution >= 4 is 22.9 Å². The summed E-state index contributed by atoms with van der Waals surface area (Å²) in [6.07, 6.45) is 2.42. The molecule has 26 heavy (non-hydrogen) atoms. The smallest absolute Gasteiger partial charge is 0.246 e. The number of hydrogen-bond acceptors (Lipinski definition) is 5. The van der Waals surface area contributed by atoms with Crippen LogP contribution in [0.3, 0.4) is 0 Å². The van der Waals surface area contributed by atoms with Crippen LogP contribution in [0.25, 0.3) is 5.65 Å². The van der Waals surface area contributed by atoms with Crippen LogP contribution >= 0.6 is 0 Å². The van der Waals surface area contributed by atoms with E-state index in [9.17, 15) is 4.79 Å². The summed E-state index contributed by atoms with van der Waals surface area (Å²) in [6, 6.07) is 8.27. The van der Waals surface area contributed by atoms with Crippen LogP contribution in [0.1, 0.15) is 23.7 Å². The molecular formula is C19H22N6O. The van der Waals surface area contributed by atoms with Crippen molar-refractivity contribution in [3.63, 3.8) is 0 Å². The summed E-state index contributed by atoms with van der Waals surface area (Å²) in [5.41, 5.74) is 5.88. The molecule has 0 spiro atoms. The van der Waals surface area contributed by atoms with Gasteiger partial charge in [0.1, 0.15) is 6.33 Å². The molecular weight excluding hydrogens is 328 g/mol. The van der Waals surface area contributed by atoms with Gasteiger partial charge in [0.05, 0.1) is 17.9 Å². The molecule has 7 nitrogen and oxygen atoms in total. The average Bonchev–Trinajstić information content (AvgIpc) is 3.08. The molecule has 0 saturated carbocycles. The van der Waals surface area contributed by atoms with Crippen molar-refractivity contribution < 1.29 is 4.79 Å². The molecule has 0 bridgehead atoms. The maximum Gasteiger partial charge on any atom is 0.246 e. The van der Waals surface area contributed by atoms with E-state index < -0.39 is 0 Å². The van der Waals surface area contributed by atoms with Gasteiger partial charge in [0, 0.05) is 18.8 Å². The average molecular weight is 350 g/mol. The Bertz CT molecular complexity index is 959. The van der Waals surface area contributed by atoms with Gasteiger partial charge in [-0.1, -0.05) is 13.0 Å². The van der Waals surface area contributed by atoms with Gasteiger partial charge in [-0.2, -0.15) is 9.61 Å². The number of carbonyl (C=O) groups is 1. The SMILES string of the molecule is CCc1cc(N2CCN(c3cc(C)cc(C)c3)C(=O)C2)c2nncn2n1. The highest BCUT2D eigenvalue weighted by molar-refractivity contribution is 5.98. The second-order valence-corrected chi connectivity index (χ2v) is 6.79. The number of benzene rings is 1. The first kappa shape index (κ1) is 16.5. The molecule has 1 saturated heterocycles. The highest BCUT2D eigenvalue weighted by atomic mass is 16.2. The van der Waals surface area contributed by atoms with Crippen LogP contribution in [0, 0.1) is 13.8 Å². The number of amides is 1. The molecule has 1 aliphatic rings. The first-order chi connectivity index (χ1) is 12.5. The van der Waals surface area contributed by atoms with Crippen LogP contribution in [-0.4, -0.2) is 45.4 Å². The number of carbonyl (C=O) groups excluding carboxylic acids is 1. The third kappa shape index (κ3) is 2.89. The van der Waals surface area contributed by atoms with E-state index in [2.05, 4.69) is 59.2 Å². The van der Waals surface area contributed by atoms with E-state index in [0.29, 0.717) is 18.7 Å². The quantitative estimate of drug-likeness (QED) is 0.724. The van der Waals surface area contributed by atoms with Gasteiger partial charge in [-0.15, -0.1) is 10.2 Å². The summed E-state index contributed by atoms with van der Waals surface area (Å²) >= 11 is 0. The minimum Gasteiger partial charge on any atom is -0.357 e. The predicted octanol–water partition coefficient (Wildman–Crippen LogP) is 2.16. The Morgan fingerprint density at radius 1 is 1.08 bits per heavy atom. The Kier molecular flexibility index (Phi) is 4.06. The first-order valence-corrected chi connectivity index (χ1v) is 8.88. The van der Waals surface area contributed by atoms with E-state index >= 15 is 0 Å². The third-order valence-corrected chi connectivity index (χ3v) is 4.74.